The fraction of sp³-hybridized carbons (Fsp3) is 0.500. The van der Waals surface area contributed by atoms with Gasteiger partial charge in [-0.15, -0.1) is 0 Å². The summed E-state index contributed by atoms with van der Waals surface area (Å²) in [7, 11) is 1.66. The predicted molar refractivity (Wildman–Crippen MR) is 77.4 cm³/mol. The monoisotopic (exact) mass is 265 g/mol. The molecule has 0 bridgehead atoms. The second kappa shape index (κ2) is 8.37. The zero-order valence-corrected chi connectivity index (χ0v) is 11.8. The molecule has 0 heterocycles. The number of ether oxygens (including phenoxy) is 2. The number of nitrogens with two attached hydrogens (primary N) is 1. The molecule has 0 aliphatic rings. The van der Waals surface area contributed by atoms with Gasteiger partial charge in [-0.25, -0.2) is 4.99 Å². The highest BCUT2D eigenvalue weighted by Gasteiger charge is 2.01. The third-order valence-corrected chi connectivity index (χ3v) is 2.45. The Hall–Kier alpha value is -1.75. The van der Waals surface area contributed by atoms with Gasteiger partial charge in [-0.1, -0.05) is 12.1 Å². The zero-order chi connectivity index (χ0) is 14.1. The standard InChI is InChI=1S/C14H23N3O2/c1-4-19-13-7-5-6-12(8-13)9-16-14(15)17-11(2)10-18-3/h5-8,11H,4,9-10H2,1-3H3,(H3,15,16,17). The van der Waals surface area contributed by atoms with Crippen molar-refractivity contribution in [1.82, 2.24) is 5.32 Å². The van der Waals surface area contributed by atoms with E-state index in [0.29, 0.717) is 25.7 Å². The maximum Gasteiger partial charge on any atom is 0.189 e. The summed E-state index contributed by atoms with van der Waals surface area (Å²) in [6.07, 6.45) is 0. The number of methoxy groups -OCH3 is 1. The molecule has 0 aliphatic heterocycles. The van der Waals surface area contributed by atoms with Crippen LogP contribution in [-0.2, 0) is 11.3 Å². The molecule has 1 aromatic carbocycles. The highest BCUT2D eigenvalue weighted by molar-refractivity contribution is 5.78. The third kappa shape index (κ3) is 6.10. The van der Waals surface area contributed by atoms with Gasteiger partial charge in [0.05, 0.1) is 19.8 Å². The molecule has 0 saturated carbocycles. The molecular weight excluding hydrogens is 242 g/mol. The van der Waals surface area contributed by atoms with Crippen LogP contribution in [0.2, 0.25) is 0 Å². The first kappa shape index (κ1) is 15.3. The second-order valence-corrected chi connectivity index (χ2v) is 4.28. The van der Waals surface area contributed by atoms with Gasteiger partial charge < -0.3 is 20.5 Å². The highest BCUT2D eigenvalue weighted by Crippen LogP contribution is 2.13. The van der Waals surface area contributed by atoms with Crippen LogP contribution in [-0.4, -0.2) is 32.3 Å². The number of hydrogen-bond acceptors (Lipinski definition) is 3. The van der Waals surface area contributed by atoms with Gasteiger partial charge in [-0.2, -0.15) is 0 Å². The summed E-state index contributed by atoms with van der Waals surface area (Å²) in [6, 6.07) is 7.99. The van der Waals surface area contributed by atoms with Crippen LogP contribution in [0.1, 0.15) is 19.4 Å². The molecule has 5 nitrogen and oxygen atoms in total. The number of guanidine groups is 1. The van der Waals surface area contributed by atoms with E-state index in [1.54, 1.807) is 7.11 Å². The molecule has 1 unspecified atom stereocenters. The number of nitrogens with zero attached hydrogens (tertiary/aromatic N) is 1. The van der Waals surface area contributed by atoms with Crippen LogP contribution in [0, 0.1) is 0 Å². The number of hydrogen-bond donors (Lipinski definition) is 2. The lowest BCUT2D eigenvalue weighted by Crippen LogP contribution is -2.40. The number of aliphatic imine (C=N–C) groups is 1. The average Bonchev–Trinajstić information content (AvgIpc) is 2.37. The van der Waals surface area contributed by atoms with E-state index in [2.05, 4.69) is 10.3 Å². The van der Waals surface area contributed by atoms with Crippen molar-refractivity contribution < 1.29 is 9.47 Å². The van der Waals surface area contributed by atoms with E-state index < -0.39 is 0 Å². The molecule has 0 aromatic heterocycles. The maximum atomic E-state index is 5.80. The van der Waals surface area contributed by atoms with Crippen molar-refractivity contribution in [3.8, 4) is 5.75 Å². The lowest BCUT2D eigenvalue weighted by molar-refractivity contribution is 0.179. The molecule has 1 rings (SSSR count). The first-order valence-corrected chi connectivity index (χ1v) is 6.42. The van der Waals surface area contributed by atoms with Gasteiger partial charge in [0.1, 0.15) is 5.75 Å². The van der Waals surface area contributed by atoms with E-state index >= 15 is 0 Å². The highest BCUT2D eigenvalue weighted by atomic mass is 16.5. The van der Waals surface area contributed by atoms with E-state index in [1.807, 2.05) is 38.1 Å². The van der Waals surface area contributed by atoms with Crippen molar-refractivity contribution in [2.24, 2.45) is 10.7 Å². The Balaban J connectivity index is 2.52. The molecule has 0 spiro atoms. The SMILES string of the molecule is CCOc1cccc(CN=C(N)NC(C)COC)c1. The summed E-state index contributed by atoms with van der Waals surface area (Å²) >= 11 is 0. The van der Waals surface area contributed by atoms with Crippen molar-refractivity contribution >= 4 is 5.96 Å². The number of benzene rings is 1. The second-order valence-electron chi connectivity index (χ2n) is 4.28. The lowest BCUT2D eigenvalue weighted by atomic mass is 10.2. The molecule has 0 saturated heterocycles. The van der Waals surface area contributed by atoms with Crippen molar-refractivity contribution in [1.29, 1.82) is 0 Å². The van der Waals surface area contributed by atoms with E-state index in [-0.39, 0.29) is 6.04 Å². The molecule has 0 amide bonds. The minimum absolute atomic E-state index is 0.142. The van der Waals surface area contributed by atoms with Gasteiger partial charge in [-0.05, 0) is 31.5 Å². The number of nitrogens with one attached hydrogen (secondary N) is 1. The summed E-state index contributed by atoms with van der Waals surface area (Å²) < 4.78 is 10.5. The van der Waals surface area contributed by atoms with Gasteiger partial charge in [0, 0.05) is 13.2 Å². The first-order valence-electron chi connectivity index (χ1n) is 6.42. The molecule has 5 heteroatoms. The Morgan fingerprint density at radius 2 is 2.26 bits per heavy atom. The predicted octanol–water partition coefficient (Wildman–Crippen LogP) is 1.52. The van der Waals surface area contributed by atoms with E-state index in [4.69, 9.17) is 15.2 Å². The van der Waals surface area contributed by atoms with Gasteiger partial charge in [0.2, 0.25) is 0 Å². The summed E-state index contributed by atoms with van der Waals surface area (Å²) in [5, 5.41) is 3.06. The third-order valence-electron chi connectivity index (χ3n) is 2.45. The molecular formula is C14H23N3O2. The zero-order valence-electron chi connectivity index (χ0n) is 11.8. The molecule has 3 N–H and O–H groups in total. The molecule has 0 aliphatic carbocycles. The van der Waals surface area contributed by atoms with E-state index in [9.17, 15) is 0 Å². The fourth-order valence-corrected chi connectivity index (χ4v) is 1.67. The van der Waals surface area contributed by atoms with E-state index in [1.165, 1.54) is 0 Å². The Morgan fingerprint density at radius 1 is 1.47 bits per heavy atom. The van der Waals surface area contributed by atoms with Crippen molar-refractivity contribution in [2.75, 3.05) is 20.3 Å². The van der Waals surface area contributed by atoms with E-state index in [0.717, 1.165) is 11.3 Å². The topological polar surface area (TPSA) is 68.9 Å². The van der Waals surface area contributed by atoms with Crippen LogP contribution in [0.5, 0.6) is 5.75 Å². The van der Waals surface area contributed by atoms with Gasteiger partial charge in [-0.3, -0.25) is 0 Å². The van der Waals surface area contributed by atoms with Gasteiger partial charge >= 0.3 is 0 Å². The van der Waals surface area contributed by atoms with Gasteiger partial charge in [0.25, 0.3) is 0 Å². The average molecular weight is 265 g/mol. The molecule has 0 fully saturated rings. The van der Waals surface area contributed by atoms with Gasteiger partial charge in [0.15, 0.2) is 5.96 Å². The lowest BCUT2D eigenvalue weighted by Gasteiger charge is -2.13. The first-order chi connectivity index (χ1) is 9.15. The van der Waals surface area contributed by atoms with Crippen molar-refractivity contribution in [3.05, 3.63) is 29.8 Å². The van der Waals surface area contributed by atoms with Crippen LogP contribution in [0.25, 0.3) is 0 Å². The summed E-state index contributed by atoms with van der Waals surface area (Å²) in [5.41, 5.74) is 6.87. The Bertz CT molecular complexity index is 407. The van der Waals surface area contributed by atoms with Crippen LogP contribution < -0.4 is 15.8 Å². The smallest absolute Gasteiger partial charge is 0.189 e. The van der Waals surface area contributed by atoms with Crippen molar-refractivity contribution in [2.45, 2.75) is 26.4 Å². The van der Waals surface area contributed by atoms with Crippen LogP contribution in [0.3, 0.4) is 0 Å². The van der Waals surface area contributed by atoms with Crippen LogP contribution in [0.4, 0.5) is 0 Å². The molecule has 19 heavy (non-hydrogen) atoms. The molecule has 0 radical (unpaired) electrons. The quantitative estimate of drug-likeness (QED) is 0.579. The Morgan fingerprint density at radius 3 is 2.95 bits per heavy atom. The molecule has 106 valence electrons. The minimum Gasteiger partial charge on any atom is -0.494 e. The summed E-state index contributed by atoms with van der Waals surface area (Å²) in [6.45, 7) is 5.73. The Kier molecular flexibility index (Phi) is 6.74. The normalized spacial score (nSPS) is 13.1. The fourth-order valence-electron chi connectivity index (χ4n) is 1.67. The Labute approximate surface area is 114 Å². The maximum absolute atomic E-state index is 5.80. The number of rotatable bonds is 7. The minimum atomic E-state index is 0.142. The largest absolute Gasteiger partial charge is 0.494 e. The van der Waals surface area contributed by atoms with Crippen LogP contribution in [0.15, 0.2) is 29.3 Å². The van der Waals surface area contributed by atoms with Crippen molar-refractivity contribution in [3.63, 3.8) is 0 Å². The summed E-state index contributed by atoms with van der Waals surface area (Å²) in [4.78, 5) is 4.29. The summed E-state index contributed by atoms with van der Waals surface area (Å²) in [5.74, 6) is 1.28. The molecule has 1 aromatic rings. The molecule has 1 atom stereocenters. The van der Waals surface area contributed by atoms with Crippen LogP contribution >= 0.6 is 0 Å².